The first-order valence-electron chi connectivity index (χ1n) is 10.2. The summed E-state index contributed by atoms with van der Waals surface area (Å²) >= 11 is 1.37. The highest BCUT2D eigenvalue weighted by Gasteiger charge is 2.40. The van der Waals surface area contributed by atoms with Gasteiger partial charge in [-0.25, -0.2) is 4.79 Å². The number of rotatable bonds is 5. The van der Waals surface area contributed by atoms with Gasteiger partial charge in [-0.2, -0.15) is 5.26 Å². The minimum absolute atomic E-state index is 0.252. The molecule has 0 fully saturated rings. The van der Waals surface area contributed by atoms with Crippen molar-refractivity contribution < 1.29 is 14.3 Å². The van der Waals surface area contributed by atoms with Crippen LogP contribution in [0.5, 0.6) is 0 Å². The van der Waals surface area contributed by atoms with Gasteiger partial charge in [-0.3, -0.25) is 4.79 Å². The fraction of sp³-hybridized carbons (Fsp3) is 0.240. The molecule has 2 aromatic carbocycles. The molecular weight excluding hydrogens is 408 g/mol. The molecule has 1 aliphatic rings. The largest absolute Gasteiger partial charge is 0.462 e. The normalized spacial score (nSPS) is 17.3. The highest BCUT2D eigenvalue weighted by Crippen LogP contribution is 2.45. The molecule has 1 heterocycles. The molecule has 156 valence electrons. The van der Waals surface area contributed by atoms with E-state index in [4.69, 9.17) is 4.74 Å². The molecule has 6 heteroatoms. The van der Waals surface area contributed by atoms with Crippen LogP contribution in [0.2, 0.25) is 0 Å². The number of carbonyl (C=O) groups excluding carboxylic acids is 2. The van der Waals surface area contributed by atoms with Crippen LogP contribution in [-0.4, -0.2) is 18.5 Å². The Morgan fingerprint density at radius 3 is 2.45 bits per heavy atom. The number of ether oxygens (including phenoxy) is 1. The zero-order valence-electron chi connectivity index (χ0n) is 17.2. The summed E-state index contributed by atoms with van der Waals surface area (Å²) in [7, 11) is 0. The van der Waals surface area contributed by atoms with Crippen LogP contribution in [0.3, 0.4) is 0 Å². The maximum absolute atomic E-state index is 12.8. The van der Waals surface area contributed by atoms with Crippen LogP contribution in [0.25, 0.3) is 0 Å². The van der Waals surface area contributed by atoms with E-state index in [0.717, 1.165) is 16.0 Å². The third-order valence-electron chi connectivity index (χ3n) is 5.64. The fourth-order valence-electron chi connectivity index (χ4n) is 4.06. The Kier molecular flexibility index (Phi) is 5.88. The van der Waals surface area contributed by atoms with Crippen molar-refractivity contribution >= 4 is 28.2 Å². The van der Waals surface area contributed by atoms with Crippen LogP contribution in [0.15, 0.2) is 60.7 Å². The average Bonchev–Trinajstić information content (AvgIpc) is 3.16. The lowest BCUT2D eigenvalue weighted by atomic mass is 9.70. The number of thiophene rings is 1. The average molecular weight is 431 g/mol. The molecule has 0 spiro atoms. The number of nitrogens with zero attached hydrogens (tertiary/aromatic N) is 1. The number of esters is 1. The van der Waals surface area contributed by atoms with Crippen LogP contribution >= 0.6 is 11.3 Å². The Labute approximate surface area is 185 Å². The van der Waals surface area contributed by atoms with Gasteiger partial charge >= 0.3 is 5.97 Å². The van der Waals surface area contributed by atoms with E-state index in [9.17, 15) is 14.9 Å². The minimum atomic E-state index is -0.647. The first-order chi connectivity index (χ1) is 15.1. The first kappa shape index (κ1) is 20.8. The van der Waals surface area contributed by atoms with Gasteiger partial charge in [0.25, 0.3) is 5.91 Å². The van der Waals surface area contributed by atoms with Crippen molar-refractivity contribution in [2.75, 3.05) is 11.9 Å². The van der Waals surface area contributed by atoms with Gasteiger partial charge in [-0.15, -0.1) is 11.3 Å². The van der Waals surface area contributed by atoms with E-state index in [1.807, 2.05) is 36.4 Å². The number of carbonyl (C=O) groups is 2. The summed E-state index contributed by atoms with van der Waals surface area (Å²) in [5.41, 5.74) is 2.15. The molecule has 1 aromatic heterocycles. The Bertz CT molecular complexity index is 1150. The Balaban J connectivity index is 1.73. The molecule has 4 rings (SSSR count). The number of nitrogens with one attached hydrogen (secondary N) is 1. The number of anilines is 1. The molecule has 5 nitrogen and oxygen atoms in total. The smallest absolute Gasteiger partial charge is 0.341 e. The second-order valence-electron chi connectivity index (χ2n) is 7.49. The number of fused-ring (bicyclic) bond motifs is 1. The molecule has 1 amide bonds. The SMILES string of the molecule is CCOC(=O)c1c(NC(=O)c2ccccc2)sc2c1CC[C@](C#N)(c1ccccc1)C2. The maximum atomic E-state index is 12.8. The van der Waals surface area contributed by atoms with Crippen LogP contribution in [0, 0.1) is 11.3 Å². The monoisotopic (exact) mass is 430 g/mol. The van der Waals surface area contributed by atoms with Gasteiger partial charge in [0.15, 0.2) is 0 Å². The van der Waals surface area contributed by atoms with E-state index >= 15 is 0 Å². The molecule has 1 aliphatic carbocycles. The second-order valence-corrected chi connectivity index (χ2v) is 8.59. The maximum Gasteiger partial charge on any atom is 0.341 e. The third-order valence-corrected chi connectivity index (χ3v) is 6.79. The van der Waals surface area contributed by atoms with Crippen LogP contribution in [0.1, 0.15) is 50.1 Å². The van der Waals surface area contributed by atoms with Gasteiger partial charge in [-0.05, 0) is 43.0 Å². The molecule has 0 bridgehead atoms. The highest BCUT2D eigenvalue weighted by atomic mass is 32.1. The molecule has 1 atom stereocenters. The molecule has 31 heavy (non-hydrogen) atoms. The standard InChI is InChI=1S/C25H22N2O3S/c1-2-30-24(29)21-19-13-14-25(16-26,18-11-7-4-8-12-18)15-20(19)31-23(21)27-22(28)17-9-5-3-6-10-17/h3-12H,2,13-15H2,1H3,(H,27,28)/t25-/m0/s1. The lowest BCUT2D eigenvalue weighted by molar-refractivity contribution is 0.0526. The quantitative estimate of drug-likeness (QED) is 0.569. The number of hydrogen-bond acceptors (Lipinski definition) is 5. The lowest BCUT2D eigenvalue weighted by Gasteiger charge is -2.31. The van der Waals surface area contributed by atoms with Crippen molar-refractivity contribution in [3.8, 4) is 6.07 Å². The fourth-order valence-corrected chi connectivity index (χ4v) is 5.40. The molecule has 3 aromatic rings. The Morgan fingerprint density at radius 1 is 1.13 bits per heavy atom. The van der Waals surface area contributed by atoms with Gasteiger partial charge in [0, 0.05) is 16.9 Å². The van der Waals surface area contributed by atoms with Crippen molar-refractivity contribution in [3.05, 3.63) is 87.8 Å². The summed E-state index contributed by atoms with van der Waals surface area (Å²) in [6, 6.07) is 21.2. The van der Waals surface area contributed by atoms with Gasteiger partial charge in [-0.1, -0.05) is 48.5 Å². The van der Waals surface area contributed by atoms with E-state index in [1.54, 1.807) is 31.2 Å². The molecule has 0 saturated carbocycles. The van der Waals surface area contributed by atoms with Gasteiger partial charge in [0.05, 0.1) is 23.7 Å². The zero-order chi connectivity index (χ0) is 21.8. The predicted molar refractivity (Wildman–Crippen MR) is 120 cm³/mol. The second kappa shape index (κ2) is 8.75. The summed E-state index contributed by atoms with van der Waals surface area (Å²) in [5.74, 6) is -0.716. The number of amides is 1. The van der Waals surface area contributed by atoms with Crippen LogP contribution < -0.4 is 5.32 Å². The summed E-state index contributed by atoms with van der Waals surface area (Å²) in [6.45, 7) is 2.01. The molecule has 1 N–H and O–H groups in total. The van der Waals surface area contributed by atoms with Crippen molar-refractivity contribution in [1.82, 2.24) is 0 Å². The molecule has 0 saturated heterocycles. The number of hydrogen-bond donors (Lipinski definition) is 1. The first-order valence-corrected chi connectivity index (χ1v) is 11.0. The minimum Gasteiger partial charge on any atom is -0.462 e. The highest BCUT2D eigenvalue weighted by molar-refractivity contribution is 7.17. The van der Waals surface area contributed by atoms with Gasteiger partial charge in [0.2, 0.25) is 0 Å². The Morgan fingerprint density at radius 2 is 1.81 bits per heavy atom. The van der Waals surface area contributed by atoms with Crippen molar-refractivity contribution in [2.24, 2.45) is 0 Å². The van der Waals surface area contributed by atoms with Gasteiger partial charge in [0.1, 0.15) is 5.00 Å². The lowest BCUT2D eigenvalue weighted by Crippen LogP contribution is -2.31. The topological polar surface area (TPSA) is 79.2 Å². The van der Waals surface area contributed by atoms with E-state index in [0.29, 0.717) is 35.4 Å². The summed E-state index contributed by atoms with van der Waals surface area (Å²) in [4.78, 5) is 26.5. The summed E-state index contributed by atoms with van der Waals surface area (Å²) in [5, 5.41) is 13.5. The van der Waals surface area contributed by atoms with Crippen molar-refractivity contribution in [2.45, 2.75) is 31.6 Å². The third kappa shape index (κ3) is 3.97. The van der Waals surface area contributed by atoms with E-state index < -0.39 is 11.4 Å². The predicted octanol–water partition coefficient (Wildman–Crippen LogP) is 5.13. The van der Waals surface area contributed by atoms with E-state index in [-0.39, 0.29) is 12.5 Å². The van der Waals surface area contributed by atoms with E-state index in [1.165, 1.54) is 11.3 Å². The molecular formula is C25H22N2O3S. The van der Waals surface area contributed by atoms with Crippen molar-refractivity contribution in [1.29, 1.82) is 5.26 Å². The van der Waals surface area contributed by atoms with E-state index in [2.05, 4.69) is 11.4 Å². The van der Waals surface area contributed by atoms with Crippen molar-refractivity contribution in [3.63, 3.8) is 0 Å². The summed E-state index contributed by atoms with van der Waals surface area (Å²) in [6.07, 6.45) is 1.68. The number of benzene rings is 2. The molecule has 0 radical (unpaired) electrons. The zero-order valence-corrected chi connectivity index (χ0v) is 18.0. The summed E-state index contributed by atoms with van der Waals surface area (Å²) < 4.78 is 5.29. The number of nitriles is 1. The van der Waals surface area contributed by atoms with Gasteiger partial charge < -0.3 is 10.1 Å². The molecule has 0 unspecified atom stereocenters. The molecule has 0 aliphatic heterocycles. The Hall–Kier alpha value is -3.43. The van der Waals surface area contributed by atoms with Crippen LogP contribution in [0.4, 0.5) is 5.00 Å². The van der Waals surface area contributed by atoms with Crippen LogP contribution in [-0.2, 0) is 23.0 Å².